The van der Waals surface area contributed by atoms with Crippen LogP contribution in [0.3, 0.4) is 0 Å². The van der Waals surface area contributed by atoms with Gasteiger partial charge in [0.25, 0.3) is 0 Å². The Labute approximate surface area is 171 Å². The molecule has 0 aliphatic heterocycles. The van der Waals surface area contributed by atoms with E-state index in [1.54, 1.807) is 0 Å². The van der Waals surface area contributed by atoms with Crippen LogP contribution >= 0.6 is 0 Å². The van der Waals surface area contributed by atoms with Gasteiger partial charge in [0.15, 0.2) is 0 Å². The van der Waals surface area contributed by atoms with Crippen LogP contribution < -0.4 is 9.47 Å². The van der Waals surface area contributed by atoms with Crippen LogP contribution in [0.1, 0.15) is 22.5 Å². The van der Waals surface area contributed by atoms with Crippen molar-refractivity contribution < 1.29 is 9.47 Å². The molecule has 148 valence electrons. The van der Waals surface area contributed by atoms with E-state index in [-0.39, 0.29) is 0 Å². The van der Waals surface area contributed by atoms with Crippen molar-refractivity contribution in [2.75, 3.05) is 6.61 Å². The van der Waals surface area contributed by atoms with E-state index < -0.39 is 0 Å². The molecular formula is C25H26N2O2. The lowest BCUT2D eigenvalue weighted by Crippen LogP contribution is -2.13. The van der Waals surface area contributed by atoms with Gasteiger partial charge in [0.1, 0.15) is 30.5 Å². The highest BCUT2D eigenvalue weighted by Crippen LogP contribution is 2.22. The summed E-state index contributed by atoms with van der Waals surface area (Å²) in [5.74, 6) is 2.73. The number of benzene rings is 3. The van der Waals surface area contributed by atoms with Crippen LogP contribution in [0.2, 0.25) is 0 Å². The van der Waals surface area contributed by atoms with Crippen LogP contribution in [0.25, 0.3) is 11.0 Å². The summed E-state index contributed by atoms with van der Waals surface area (Å²) in [6, 6.07) is 22.5. The molecule has 0 saturated carbocycles. The molecule has 3 aromatic carbocycles. The number of aromatic nitrogens is 2. The van der Waals surface area contributed by atoms with E-state index in [9.17, 15) is 0 Å². The second kappa shape index (κ2) is 8.39. The van der Waals surface area contributed by atoms with Crippen LogP contribution in [0.4, 0.5) is 0 Å². The molecule has 0 atom stereocenters. The van der Waals surface area contributed by atoms with E-state index in [4.69, 9.17) is 14.5 Å². The van der Waals surface area contributed by atoms with E-state index in [2.05, 4.69) is 55.7 Å². The zero-order valence-electron chi connectivity index (χ0n) is 17.2. The number of nitrogens with zero attached hydrogens (tertiary/aromatic N) is 2. The Balaban J connectivity index is 1.54. The van der Waals surface area contributed by atoms with Crippen LogP contribution in [0, 0.1) is 20.8 Å². The van der Waals surface area contributed by atoms with E-state index in [0.717, 1.165) is 39.5 Å². The molecule has 4 aromatic rings. The van der Waals surface area contributed by atoms with Crippen LogP contribution in [-0.4, -0.2) is 16.2 Å². The van der Waals surface area contributed by atoms with Gasteiger partial charge in [-0.2, -0.15) is 0 Å². The summed E-state index contributed by atoms with van der Waals surface area (Å²) in [5.41, 5.74) is 5.52. The van der Waals surface area contributed by atoms with Gasteiger partial charge >= 0.3 is 0 Å². The van der Waals surface area contributed by atoms with Gasteiger partial charge in [-0.15, -0.1) is 0 Å². The minimum Gasteiger partial charge on any atom is -0.491 e. The zero-order valence-corrected chi connectivity index (χ0v) is 17.2. The molecular weight excluding hydrogens is 360 g/mol. The molecule has 0 N–H and O–H groups in total. The van der Waals surface area contributed by atoms with E-state index in [0.29, 0.717) is 19.8 Å². The number of para-hydroxylation sites is 3. The Hall–Kier alpha value is -3.27. The summed E-state index contributed by atoms with van der Waals surface area (Å²) in [7, 11) is 0. The molecule has 0 aliphatic carbocycles. The van der Waals surface area contributed by atoms with Crippen molar-refractivity contribution >= 4 is 11.0 Å². The molecule has 0 fully saturated rings. The van der Waals surface area contributed by atoms with E-state index in [1.165, 1.54) is 5.56 Å². The molecule has 0 amide bonds. The number of ether oxygens (including phenoxy) is 2. The molecule has 0 unspecified atom stereocenters. The highest BCUT2D eigenvalue weighted by molar-refractivity contribution is 5.75. The summed E-state index contributed by atoms with van der Waals surface area (Å²) in [6.45, 7) is 7.90. The lowest BCUT2D eigenvalue weighted by Gasteiger charge is -2.13. The number of hydrogen-bond acceptors (Lipinski definition) is 3. The van der Waals surface area contributed by atoms with Gasteiger partial charge in [-0.05, 0) is 61.7 Å². The second-order valence-corrected chi connectivity index (χ2v) is 7.34. The second-order valence-electron chi connectivity index (χ2n) is 7.34. The maximum Gasteiger partial charge on any atom is 0.148 e. The topological polar surface area (TPSA) is 36.3 Å². The maximum absolute atomic E-state index is 6.13. The third-order valence-corrected chi connectivity index (χ3v) is 5.10. The van der Waals surface area contributed by atoms with Crippen LogP contribution in [0.15, 0.2) is 66.7 Å². The highest BCUT2D eigenvalue weighted by atomic mass is 16.5. The number of fused-ring (bicyclic) bond motifs is 1. The predicted molar refractivity (Wildman–Crippen MR) is 117 cm³/mol. The Morgan fingerprint density at radius 3 is 2.41 bits per heavy atom. The standard InChI is InChI=1S/C25H26N2O2/c1-18-12-13-20(3)24(16-18)29-17-25-26-21-9-5-6-10-22(21)27(25)14-15-28-23-11-7-4-8-19(23)2/h4-13,16H,14-15,17H2,1-3H3. The van der Waals surface area contributed by atoms with E-state index in [1.807, 2.05) is 36.4 Å². The third-order valence-electron chi connectivity index (χ3n) is 5.10. The summed E-state index contributed by atoms with van der Waals surface area (Å²) < 4.78 is 14.3. The maximum atomic E-state index is 6.13. The Morgan fingerprint density at radius 1 is 0.793 bits per heavy atom. The van der Waals surface area contributed by atoms with Gasteiger partial charge in [-0.3, -0.25) is 0 Å². The molecule has 0 aliphatic rings. The fraction of sp³-hybridized carbons (Fsp3) is 0.240. The Bertz CT molecular complexity index is 1130. The van der Waals surface area contributed by atoms with Crippen molar-refractivity contribution in [1.29, 1.82) is 0 Å². The molecule has 0 spiro atoms. The summed E-state index contributed by atoms with van der Waals surface area (Å²) in [5, 5.41) is 0. The summed E-state index contributed by atoms with van der Waals surface area (Å²) in [6.07, 6.45) is 0. The number of rotatable bonds is 7. The van der Waals surface area contributed by atoms with Crippen molar-refractivity contribution in [2.45, 2.75) is 33.9 Å². The molecule has 0 radical (unpaired) electrons. The number of imidazole rings is 1. The average Bonchev–Trinajstić information content (AvgIpc) is 3.08. The first-order chi connectivity index (χ1) is 14.1. The molecule has 0 saturated heterocycles. The largest absolute Gasteiger partial charge is 0.491 e. The first-order valence-corrected chi connectivity index (χ1v) is 9.94. The lowest BCUT2D eigenvalue weighted by molar-refractivity contribution is 0.270. The van der Waals surface area contributed by atoms with Gasteiger partial charge < -0.3 is 14.0 Å². The first-order valence-electron chi connectivity index (χ1n) is 9.94. The van der Waals surface area contributed by atoms with Gasteiger partial charge in [0.2, 0.25) is 0 Å². The van der Waals surface area contributed by atoms with Crippen LogP contribution in [0.5, 0.6) is 11.5 Å². The lowest BCUT2D eigenvalue weighted by atomic mass is 10.1. The molecule has 1 heterocycles. The minimum absolute atomic E-state index is 0.420. The monoisotopic (exact) mass is 386 g/mol. The highest BCUT2D eigenvalue weighted by Gasteiger charge is 2.12. The summed E-state index contributed by atoms with van der Waals surface area (Å²) >= 11 is 0. The minimum atomic E-state index is 0.420. The van der Waals surface area contributed by atoms with Gasteiger partial charge in [0, 0.05) is 0 Å². The van der Waals surface area contributed by atoms with E-state index >= 15 is 0 Å². The third kappa shape index (κ3) is 4.27. The van der Waals surface area contributed by atoms with Crippen LogP contribution in [-0.2, 0) is 13.2 Å². The van der Waals surface area contributed by atoms with Crippen molar-refractivity contribution in [3.8, 4) is 11.5 Å². The van der Waals surface area contributed by atoms with Gasteiger partial charge in [-0.25, -0.2) is 4.98 Å². The Morgan fingerprint density at radius 2 is 1.55 bits per heavy atom. The van der Waals surface area contributed by atoms with Gasteiger partial charge in [-0.1, -0.05) is 42.5 Å². The smallest absolute Gasteiger partial charge is 0.148 e. The average molecular weight is 386 g/mol. The Kier molecular flexibility index (Phi) is 5.52. The molecule has 4 heteroatoms. The van der Waals surface area contributed by atoms with Crippen molar-refractivity contribution in [3.05, 3.63) is 89.2 Å². The number of aryl methyl sites for hydroxylation is 3. The van der Waals surface area contributed by atoms with Crippen molar-refractivity contribution in [1.82, 2.24) is 9.55 Å². The van der Waals surface area contributed by atoms with Crippen molar-refractivity contribution in [3.63, 3.8) is 0 Å². The fourth-order valence-electron chi connectivity index (χ4n) is 3.46. The normalized spacial score (nSPS) is 11.0. The molecule has 4 nitrogen and oxygen atoms in total. The first kappa shape index (κ1) is 19.1. The predicted octanol–water partition coefficient (Wildman–Crippen LogP) is 5.62. The molecule has 29 heavy (non-hydrogen) atoms. The fourth-order valence-corrected chi connectivity index (χ4v) is 3.46. The summed E-state index contributed by atoms with van der Waals surface area (Å²) in [4.78, 5) is 4.81. The zero-order chi connectivity index (χ0) is 20.2. The molecule has 4 rings (SSSR count). The number of hydrogen-bond donors (Lipinski definition) is 0. The molecule has 0 bridgehead atoms. The molecule has 1 aromatic heterocycles. The van der Waals surface area contributed by atoms with Crippen molar-refractivity contribution in [2.24, 2.45) is 0 Å². The SMILES string of the molecule is Cc1ccc(C)c(OCc2nc3ccccc3n2CCOc2ccccc2C)c1. The quantitative estimate of drug-likeness (QED) is 0.414. The van der Waals surface area contributed by atoms with Gasteiger partial charge in [0.05, 0.1) is 17.6 Å².